The predicted molar refractivity (Wildman–Crippen MR) is 70.0 cm³/mol. The van der Waals surface area contributed by atoms with Gasteiger partial charge in [-0.25, -0.2) is 0 Å². The van der Waals surface area contributed by atoms with Crippen LogP contribution in [0.5, 0.6) is 0 Å². The van der Waals surface area contributed by atoms with E-state index >= 15 is 0 Å². The number of hydrogen-bond acceptors (Lipinski definition) is 3. The van der Waals surface area contributed by atoms with E-state index in [1.54, 1.807) is 0 Å². The molecule has 96 valence electrons. The Morgan fingerprint density at radius 2 is 1.94 bits per heavy atom. The molecule has 1 aliphatic rings. The number of piperidine rings is 1. The largest absolute Gasteiger partial charge is 0.326 e. The Hall–Kier alpha value is -0.870. The van der Waals surface area contributed by atoms with Gasteiger partial charge >= 0.3 is 0 Å². The summed E-state index contributed by atoms with van der Waals surface area (Å²) in [7, 11) is 0. The SMILES string of the molecule is CCN1CCC(n2nc(C)c(CN)c2C)CC1. The highest BCUT2D eigenvalue weighted by Gasteiger charge is 2.22. The van der Waals surface area contributed by atoms with E-state index in [0.29, 0.717) is 12.6 Å². The first-order chi connectivity index (χ1) is 8.17. The van der Waals surface area contributed by atoms with Crippen molar-refractivity contribution in [2.24, 2.45) is 5.73 Å². The molecule has 0 unspecified atom stereocenters. The molecule has 0 saturated carbocycles. The lowest BCUT2D eigenvalue weighted by Gasteiger charge is -2.31. The molecule has 0 spiro atoms. The van der Waals surface area contributed by atoms with Crippen LogP contribution in [-0.2, 0) is 6.54 Å². The number of likely N-dealkylation sites (tertiary alicyclic amines) is 1. The van der Waals surface area contributed by atoms with Crippen LogP contribution in [-0.4, -0.2) is 34.3 Å². The molecule has 1 aromatic heterocycles. The van der Waals surface area contributed by atoms with Crippen LogP contribution < -0.4 is 5.73 Å². The lowest BCUT2D eigenvalue weighted by atomic mass is 10.0. The molecule has 0 amide bonds. The van der Waals surface area contributed by atoms with Gasteiger partial charge in [-0.3, -0.25) is 4.68 Å². The van der Waals surface area contributed by atoms with Crippen LogP contribution in [0.1, 0.15) is 42.8 Å². The van der Waals surface area contributed by atoms with E-state index in [1.807, 2.05) is 0 Å². The van der Waals surface area contributed by atoms with Gasteiger partial charge in [0.05, 0.1) is 11.7 Å². The van der Waals surface area contributed by atoms with Crippen molar-refractivity contribution < 1.29 is 0 Å². The van der Waals surface area contributed by atoms with Gasteiger partial charge in [-0.1, -0.05) is 6.92 Å². The summed E-state index contributed by atoms with van der Waals surface area (Å²) in [6.45, 7) is 10.6. The number of nitrogens with two attached hydrogens (primary N) is 1. The summed E-state index contributed by atoms with van der Waals surface area (Å²) in [6, 6.07) is 0.566. The Bertz CT molecular complexity index is 375. The second kappa shape index (κ2) is 5.19. The molecule has 1 aromatic rings. The molecule has 2 N–H and O–H groups in total. The predicted octanol–water partition coefficient (Wildman–Crippen LogP) is 1.62. The molecule has 0 radical (unpaired) electrons. The van der Waals surface area contributed by atoms with Crippen molar-refractivity contribution in [3.05, 3.63) is 17.0 Å². The molecule has 0 aromatic carbocycles. The van der Waals surface area contributed by atoms with Gasteiger partial charge < -0.3 is 10.6 Å². The molecule has 1 saturated heterocycles. The molecule has 0 atom stereocenters. The highest BCUT2D eigenvalue weighted by molar-refractivity contribution is 5.24. The normalized spacial score (nSPS) is 18.8. The number of aromatic nitrogens is 2. The smallest absolute Gasteiger partial charge is 0.0641 e. The second-order valence-corrected chi connectivity index (χ2v) is 4.96. The highest BCUT2D eigenvalue weighted by atomic mass is 15.3. The second-order valence-electron chi connectivity index (χ2n) is 4.96. The summed E-state index contributed by atoms with van der Waals surface area (Å²) in [5.41, 5.74) is 9.37. The van der Waals surface area contributed by atoms with Gasteiger partial charge in [-0.15, -0.1) is 0 Å². The number of hydrogen-bond donors (Lipinski definition) is 1. The van der Waals surface area contributed by atoms with Crippen molar-refractivity contribution in [3.8, 4) is 0 Å². The van der Waals surface area contributed by atoms with Gasteiger partial charge in [-0.05, 0) is 33.2 Å². The topological polar surface area (TPSA) is 47.1 Å². The van der Waals surface area contributed by atoms with E-state index < -0.39 is 0 Å². The minimum Gasteiger partial charge on any atom is -0.326 e. The van der Waals surface area contributed by atoms with Gasteiger partial charge in [0.25, 0.3) is 0 Å². The molecular formula is C13H24N4. The molecule has 2 heterocycles. The van der Waals surface area contributed by atoms with Crippen LogP contribution in [0.2, 0.25) is 0 Å². The Labute approximate surface area is 104 Å². The van der Waals surface area contributed by atoms with E-state index in [2.05, 4.69) is 35.5 Å². The summed E-state index contributed by atoms with van der Waals surface area (Å²) >= 11 is 0. The van der Waals surface area contributed by atoms with E-state index in [4.69, 9.17) is 5.73 Å². The van der Waals surface area contributed by atoms with E-state index in [-0.39, 0.29) is 0 Å². The van der Waals surface area contributed by atoms with Gasteiger partial charge in [0.15, 0.2) is 0 Å². The Kier molecular flexibility index (Phi) is 3.84. The fourth-order valence-electron chi connectivity index (χ4n) is 2.83. The number of nitrogens with zero attached hydrogens (tertiary/aromatic N) is 3. The van der Waals surface area contributed by atoms with E-state index in [0.717, 1.165) is 12.2 Å². The minimum absolute atomic E-state index is 0.566. The highest BCUT2D eigenvalue weighted by Crippen LogP contribution is 2.25. The summed E-state index contributed by atoms with van der Waals surface area (Å²) in [4.78, 5) is 2.51. The van der Waals surface area contributed by atoms with Crippen molar-refractivity contribution in [1.29, 1.82) is 0 Å². The Morgan fingerprint density at radius 3 is 2.41 bits per heavy atom. The summed E-state index contributed by atoms with van der Waals surface area (Å²) in [5.74, 6) is 0. The molecule has 17 heavy (non-hydrogen) atoms. The Balaban J connectivity index is 2.13. The average molecular weight is 236 g/mol. The monoisotopic (exact) mass is 236 g/mol. The number of rotatable bonds is 3. The fraction of sp³-hybridized carbons (Fsp3) is 0.769. The van der Waals surface area contributed by atoms with Crippen LogP contribution >= 0.6 is 0 Å². The lowest BCUT2D eigenvalue weighted by Crippen LogP contribution is -2.35. The zero-order chi connectivity index (χ0) is 12.4. The zero-order valence-corrected chi connectivity index (χ0v) is 11.2. The zero-order valence-electron chi connectivity index (χ0n) is 11.2. The van der Waals surface area contributed by atoms with Crippen LogP contribution in [0.3, 0.4) is 0 Å². The van der Waals surface area contributed by atoms with Crippen molar-refractivity contribution in [1.82, 2.24) is 14.7 Å². The maximum atomic E-state index is 5.78. The molecule has 1 aliphatic heterocycles. The Morgan fingerprint density at radius 1 is 1.29 bits per heavy atom. The molecule has 0 aliphatic carbocycles. The molecular weight excluding hydrogens is 212 g/mol. The molecule has 1 fully saturated rings. The third-order valence-electron chi connectivity index (χ3n) is 4.03. The molecule has 4 nitrogen and oxygen atoms in total. The number of aryl methyl sites for hydroxylation is 1. The average Bonchev–Trinajstić information content (AvgIpc) is 2.64. The summed E-state index contributed by atoms with van der Waals surface area (Å²) in [5, 5.41) is 4.67. The van der Waals surface area contributed by atoms with Gasteiger partial charge in [0.1, 0.15) is 0 Å². The van der Waals surface area contributed by atoms with Crippen molar-refractivity contribution >= 4 is 0 Å². The maximum Gasteiger partial charge on any atom is 0.0641 e. The van der Waals surface area contributed by atoms with Crippen LogP contribution in [0, 0.1) is 13.8 Å². The summed E-state index contributed by atoms with van der Waals surface area (Å²) in [6.07, 6.45) is 2.42. The molecule has 0 bridgehead atoms. The van der Waals surface area contributed by atoms with Crippen molar-refractivity contribution in [3.63, 3.8) is 0 Å². The van der Waals surface area contributed by atoms with Crippen LogP contribution in [0.15, 0.2) is 0 Å². The standard InChI is InChI=1S/C13H24N4/c1-4-16-7-5-12(6-8-16)17-11(3)13(9-14)10(2)15-17/h12H,4-9,14H2,1-3H3. The van der Waals surface area contributed by atoms with E-state index in [1.165, 1.54) is 37.2 Å². The minimum atomic E-state index is 0.566. The van der Waals surface area contributed by atoms with Gasteiger partial charge in [0, 0.05) is 30.9 Å². The quantitative estimate of drug-likeness (QED) is 0.867. The lowest BCUT2D eigenvalue weighted by molar-refractivity contribution is 0.186. The first kappa shape index (κ1) is 12.6. The molecule has 4 heteroatoms. The van der Waals surface area contributed by atoms with Gasteiger partial charge in [-0.2, -0.15) is 5.10 Å². The fourth-order valence-corrected chi connectivity index (χ4v) is 2.83. The molecule has 2 rings (SSSR count). The van der Waals surface area contributed by atoms with Crippen LogP contribution in [0.4, 0.5) is 0 Å². The maximum absolute atomic E-state index is 5.78. The van der Waals surface area contributed by atoms with Gasteiger partial charge in [0.2, 0.25) is 0 Å². The first-order valence-corrected chi connectivity index (χ1v) is 6.64. The van der Waals surface area contributed by atoms with Crippen molar-refractivity contribution in [2.75, 3.05) is 19.6 Å². The third-order valence-corrected chi connectivity index (χ3v) is 4.03. The first-order valence-electron chi connectivity index (χ1n) is 6.64. The van der Waals surface area contributed by atoms with Crippen LogP contribution in [0.25, 0.3) is 0 Å². The van der Waals surface area contributed by atoms with Crippen molar-refractivity contribution in [2.45, 2.75) is 46.2 Å². The van der Waals surface area contributed by atoms with E-state index in [9.17, 15) is 0 Å². The third kappa shape index (κ3) is 2.38. The summed E-state index contributed by atoms with van der Waals surface area (Å²) < 4.78 is 2.21.